The third-order valence-electron chi connectivity index (χ3n) is 5.04. The van der Waals surface area contributed by atoms with Gasteiger partial charge in [-0.05, 0) is 50.2 Å². The zero-order valence-corrected chi connectivity index (χ0v) is 14.9. The molecule has 5 heteroatoms. The number of anilines is 1. The fourth-order valence-electron chi connectivity index (χ4n) is 3.65. The summed E-state index contributed by atoms with van der Waals surface area (Å²) in [6, 6.07) is 5.63. The lowest BCUT2D eigenvalue weighted by Gasteiger charge is -2.27. The number of fused-ring (bicyclic) bond motifs is 1. The zero-order chi connectivity index (χ0) is 18.0. The molecule has 5 nitrogen and oxygen atoms in total. The normalized spacial score (nSPS) is 20.6. The predicted octanol–water partition coefficient (Wildman–Crippen LogP) is 4.43. The number of pyridine rings is 1. The zero-order valence-electron chi connectivity index (χ0n) is 14.9. The number of nitrogen functional groups attached to an aromatic ring is 1. The van der Waals surface area contributed by atoms with Crippen LogP contribution in [0.1, 0.15) is 62.0 Å². The lowest BCUT2D eigenvalue weighted by molar-refractivity contribution is 0.0696. The first-order chi connectivity index (χ1) is 12.0. The smallest absolute Gasteiger partial charge is 0.339 e. The highest BCUT2D eigenvalue weighted by Gasteiger charge is 2.23. The van der Waals surface area contributed by atoms with Crippen molar-refractivity contribution in [3.8, 4) is 5.75 Å². The van der Waals surface area contributed by atoms with Gasteiger partial charge in [0.15, 0.2) is 0 Å². The van der Waals surface area contributed by atoms with E-state index in [1.165, 1.54) is 0 Å². The van der Waals surface area contributed by atoms with Gasteiger partial charge in [0.25, 0.3) is 0 Å². The van der Waals surface area contributed by atoms with Crippen LogP contribution in [0.2, 0.25) is 0 Å². The molecule has 3 N–H and O–H groups in total. The van der Waals surface area contributed by atoms with Crippen LogP contribution in [0.15, 0.2) is 18.2 Å². The standard InChI is InChI=1S/C20H26N2O3/c1-3-5-14-18(20(23)24)19(21)17-15(22-14)6-4-7-16(17)25-13-10-8-12(2)9-11-13/h4,6-7,12-13H,3,5,8-11H2,1-2H3,(H2,21,22)(H,23,24). The number of rotatable bonds is 5. The second-order valence-corrected chi connectivity index (χ2v) is 7.05. The van der Waals surface area contributed by atoms with E-state index in [0.29, 0.717) is 28.8 Å². The van der Waals surface area contributed by atoms with Crippen LogP contribution in [0, 0.1) is 5.92 Å². The van der Waals surface area contributed by atoms with Gasteiger partial charge in [0.2, 0.25) is 0 Å². The Bertz CT molecular complexity index is 780. The molecule has 1 heterocycles. The Morgan fingerprint density at radius 1 is 1.32 bits per heavy atom. The third-order valence-corrected chi connectivity index (χ3v) is 5.04. The van der Waals surface area contributed by atoms with E-state index in [9.17, 15) is 9.90 Å². The maximum Gasteiger partial charge on any atom is 0.339 e. The number of aromatic carboxylic acids is 1. The molecule has 1 aliphatic carbocycles. The maximum atomic E-state index is 11.7. The highest BCUT2D eigenvalue weighted by atomic mass is 16.5. The Labute approximate surface area is 148 Å². The molecule has 3 rings (SSSR count). The number of carbonyl (C=O) groups is 1. The van der Waals surface area contributed by atoms with Crippen molar-refractivity contribution < 1.29 is 14.6 Å². The molecule has 0 spiro atoms. The first kappa shape index (κ1) is 17.5. The second kappa shape index (κ2) is 7.30. The monoisotopic (exact) mass is 342 g/mol. The van der Waals surface area contributed by atoms with Gasteiger partial charge in [0.1, 0.15) is 11.3 Å². The summed E-state index contributed by atoms with van der Waals surface area (Å²) < 4.78 is 6.22. The molecule has 25 heavy (non-hydrogen) atoms. The molecule has 0 aliphatic heterocycles. The fourth-order valence-corrected chi connectivity index (χ4v) is 3.65. The summed E-state index contributed by atoms with van der Waals surface area (Å²) in [5.41, 5.74) is 7.90. The van der Waals surface area contributed by atoms with Crippen molar-refractivity contribution in [3.63, 3.8) is 0 Å². The minimum absolute atomic E-state index is 0.114. The Morgan fingerprint density at radius 3 is 2.68 bits per heavy atom. The number of benzene rings is 1. The van der Waals surface area contributed by atoms with Crippen LogP contribution in [0.4, 0.5) is 5.69 Å². The molecule has 0 amide bonds. The van der Waals surface area contributed by atoms with Crippen molar-refractivity contribution in [1.82, 2.24) is 4.98 Å². The number of hydrogen-bond acceptors (Lipinski definition) is 4. The molecule has 0 unspecified atom stereocenters. The Hall–Kier alpha value is -2.30. The van der Waals surface area contributed by atoms with Crippen molar-refractivity contribution in [2.75, 3.05) is 5.73 Å². The summed E-state index contributed by atoms with van der Waals surface area (Å²) in [6.45, 7) is 4.27. The lowest BCUT2D eigenvalue weighted by atomic mass is 9.89. The SMILES string of the molecule is CCCc1nc2cccc(OC3CCC(C)CC3)c2c(N)c1C(=O)O. The molecule has 0 saturated heterocycles. The van der Waals surface area contributed by atoms with Gasteiger partial charge in [-0.15, -0.1) is 0 Å². The van der Waals surface area contributed by atoms with E-state index in [0.717, 1.165) is 38.0 Å². The summed E-state index contributed by atoms with van der Waals surface area (Å²) in [6.07, 6.45) is 5.91. The van der Waals surface area contributed by atoms with Gasteiger partial charge >= 0.3 is 5.97 Å². The quantitative estimate of drug-likeness (QED) is 0.840. The number of ether oxygens (including phenoxy) is 1. The molecule has 134 valence electrons. The number of aromatic nitrogens is 1. The number of nitrogens with two attached hydrogens (primary N) is 1. The number of aryl methyl sites for hydroxylation is 1. The number of hydrogen-bond donors (Lipinski definition) is 2. The molecule has 1 aromatic heterocycles. The van der Waals surface area contributed by atoms with Gasteiger partial charge in [-0.25, -0.2) is 4.79 Å². The molecule has 0 bridgehead atoms. The van der Waals surface area contributed by atoms with Crippen LogP contribution >= 0.6 is 0 Å². The summed E-state index contributed by atoms with van der Waals surface area (Å²) in [5.74, 6) is 0.360. The van der Waals surface area contributed by atoms with Crippen LogP contribution in [0.3, 0.4) is 0 Å². The second-order valence-electron chi connectivity index (χ2n) is 7.05. The summed E-state index contributed by atoms with van der Waals surface area (Å²) in [4.78, 5) is 16.3. The number of carboxylic acids is 1. The number of carboxylic acid groups (broad SMARTS) is 1. The van der Waals surface area contributed by atoms with Gasteiger partial charge in [-0.3, -0.25) is 4.98 Å². The maximum absolute atomic E-state index is 11.7. The van der Waals surface area contributed by atoms with E-state index in [1.54, 1.807) is 0 Å². The van der Waals surface area contributed by atoms with Gasteiger partial charge in [-0.1, -0.05) is 26.3 Å². The Kier molecular flexibility index (Phi) is 5.11. The van der Waals surface area contributed by atoms with Crippen LogP contribution in [-0.4, -0.2) is 22.2 Å². The van der Waals surface area contributed by atoms with E-state index < -0.39 is 5.97 Å². The van der Waals surface area contributed by atoms with Gasteiger partial charge in [-0.2, -0.15) is 0 Å². The molecule has 2 aromatic rings. The van der Waals surface area contributed by atoms with E-state index in [-0.39, 0.29) is 17.4 Å². The Morgan fingerprint density at radius 2 is 2.04 bits per heavy atom. The minimum Gasteiger partial charge on any atom is -0.490 e. The first-order valence-electron chi connectivity index (χ1n) is 9.12. The highest BCUT2D eigenvalue weighted by molar-refractivity contribution is 6.06. The Balaban J connectivity index is 2.05. The topological polar surface area (TPSA) is 85.4 Å². The average molecular weight is 342 g/mol. The molecule has 1 saturated carbocycles. The van der Waals surface area contributed by atoms with Crippen molar-refractivity contribution in [2.24, 2.45) is 5.92 Å². The van der Waals surface area contributed by atoms with E-state index in [1.807, 2.05) is 25.1 Å². The first-order valence-corrected chi connectivity index (χ1v) is 9.12. The van der Waals surface area contributed by atoms with Crippen LogP contribution in [0.5, 0.6) is 5.75 Å². The van der Waals surface area contributed by atoms with E-state index in [2.05, 4.69) is 11.9 Å². The summed E-state index contributed by atoms with van der Waals surface area (Å²) in [7, 11) is 0. The minimum atomic E-state index is -1.03. The summed E-state index contributed by atoms with van der Waals surface area (Å²) >= 11 is 0. The largest absolute Gasteiger partial charge is 0.490 e. The van der Waals surface area contributed by atoms with Gasteiger partial charge in [0, 0.05) is 0 Å². The molecular formula is C20H26N2O3. The van der Waals surface area contributed by atoms with Gasteiger partial charge in [0.05, 0.1) is 28.4 Å². The molecule has 1 aliphatic rings. The van der Waals surface area contributed by atoms with Gasteiger partial charge < -0.3 is 15.6 Å². The lowest BCUT2D eigenvalue weighted by Crippen LogP contribution is -2.23. The van der Waals surface area contributed by atoms with Crippen molar-refractivity contribution in [2.45, 2.75) is 58.5 Å². The number of nitrogens with zero attached hydrogens (tertiary/aromatic N) is 1. The molecule has 1 fully saturated rings. The van der Waals surface area contributed by atoms with Crippen LogP contribution in [0.25, 0.3) is 10.9 Å². The van der Waals surface area contributed by atoms with Crippen molar-refractivity contribution in [3.05, 3.63) is 29.5 Å². The average Bonchev–Trinajstić information content (AvgIpc) is 2.57. The van der Waals surface area contributed by atoms with E-state index in [4.69, 9.17) is 10.5 Å². The molecule has 1 aromatic carbocycles. The fraction of sp³-hybridized carbons (Fsp3) is 0.500. The molecule has 0 atom stereocenters. The molecular weight excluding hydrogens is 316 g/mol. The molecule has 0 radical (unpaired) electrons. The van der Waals surface area contributed by atoms with Crippen molar-refractivity contribution in [1.29, 1.82) is 0 Å². The van der Waals surface area contributed by atoms with Crippen molar-refractivity contribution >= 4 is 22.6 Å². The van der Waals surface area contributed by atoms with E-state index >= 15 is 0 Å². The predicted molar refractivity (Wildman–Crippen MR) is 99.2 cm³/mol. The van der Waals surface area contributed by atoms with Crippen LogP contribution < -0.4 is 10.5 Å². The highest BCUT2D eigenvalue weighted by Crippen LogP contribution is 2.36. The van der Waals surface area contributed by atoms with Crippen LogP contribution in [-0.2, 0) is 6.42 Å². The third kappa shape index (κ3) is 3.55. The summed E-state index contributed by atoms with van der Waals surface area (Å²) in [5, 5.41) is 10.2.